The number of benzene rings is 2. The van der Waals surface area contributed by atoms with Crippen molar-refractivity contribution >= 4 is 5.95 Å². The second-order valence-corrected chi connectivity index (χ2v) is 8.93. The van der Waals surface area contributed by atoms with Gasteiger partial charge in [-0.25, -0.2) is 9.97 Å². The zero-order chi connectivity index (χ0) is 22.2. The summed E-state index contributed by atoms with van der Waals surface area (Å²) in [5.41, 5.74) is 3.99. The molecule has 4 aromatic rings. The quantitative estimate of drug-likeness (QED) is 0.496. The Morgan fingerprint density at radius 3 is 2.36 bits per heavy atom. The third-order valence-corrected chi connectivity index (χ3v) is 6.88. The van der Waals surface area contributed by atoms with E-state index >= 15 is 0 Å². The molecule has 6 heteroatoms. The van der Waals surface area contributed by atoms with Gasteiger partial charge in [0.05, 0.1) is 6.26 Å². The van der Waals surface area contributed by atoms with Gasteiger partial charge in [0, 0.05) is 37.9 Å². The molecular weight excluding hydrogens is 412 g/mol. The Balaban J connectivity index is 1.17. The summed E-state index contributed by atoms with van der Waals surface area (Å²) in [5.74, 6) is 2.48. The van der Waals surface area contributed by atoms with Gasteiger partial charge in [-0.3, -0.25) is 4.90 Å². The topological polar surface area (TPSA) is 65.6 Å². The summed E-state index contributed by atoms with van der Waals surface area (Å²) in [6.45, 7) is 3.53. The maximum Gasteiger partial charge on any atom is 0.225 e. The first-order valence-electron chi connectivity index (χ1n) is 11.4. The van der Waals surface area contributed by atoms with Gasteiger partial charge in [0.25, 0.3) is 0 Å². The second kappa shape index (κ2) is 8.46. The van der Waals surface area contributed by atoms with Crippen molar-refractivity contribution in [1.82, 2.24) is 14.9 Å². The molecule has 0 amide bonds. The molecule has 0 radical (unpaired) electrons. The highest BCUT2D eigenvalue weighted by Gasteiger charge is 2.43. The average Bonchev–Trinajstić information content (AvgIpc) is 3.61. The van der Waals surface area contributed by atoms with Crippen LogP contribution >= 0.6 is 0 Å². The Hall–Kier alpha value is -3.48. The molecule has 0 bridgehead atoms. The summed E-state index contributed by atoms with van der Waals surface area (Å²) >= 11 is 0. The molecule has 4 heterocycles. The molecular formula is C27H26N4O2. The van der Waals surface area contributed by atoms with Gasteiger partial charge in [-0.2, -0.15) is 0 Å². The predicted molar refractivity (Wildman–Crippen MR) is 127 cm³/mol. The monoisotopic (exact) mass is 438 g/mol. The number of hydrogen-bond donors (Lipinski definition) is 1. The van der Waals surface area contributed by atoms with Crippen molar-refractivity contribution in [2.24, 2.45) is 11.8 Å². The second-order valence-electron chi connectivity index (χ2n) is 8.93. The van der Waals surface area contributed by atoms with Crippen molar-refractivity contribution in [3.63, 3.8) is 0 Å². The minimum absolute atomic E-state index is 0.486. The highest BCUT2D eigenvalue weighted by Crippen LogP contribution is 2.38. The van der Waals surface area contributed by atoms with Gasteiger partial charge in [-0.1, -0.05) is 54.6 Å². The van der Waals surface area contributed by atoms with Gasteiger partial charge in [0.1, 0.15) is 11.9 Å². The van der Waals surface area contributed by atoms with Crippen LogP contribution in [0.4, 0.5) is 5.95 Å². The van der Waals surface area contributed by atoms with Crippen LogP contribution in [-0.2, 0) is 0 Å². The minimum atomic E-state index is -0.612. The van der Waals surface area contributed by atoms with Crippen LogP contribution in [0.25, 0.3) is 22.6 Å². The van der Waals surface area contributed by atoms with Crippen molar-refractivity contribution < 1.29 is 9.52 Å². The normalized spacial score (nSPS) is 21.3. The standard InChI is InChI=1S/C27H26N4O2/c32-26(23-10-5-4-9-22(23)19-7-2-1-3-8-19)30-15-20-17-31(18-21(20)16-30)27-28-13-12-24(29-27)25-11-6-14-33-25/h1-14,20-21,26,32H,15-18H2. The molecule has 2 aromatic carbocycles. The van der Waals surface area contributed by atoms with Crippen molar-refractivity contribution in [3.8, 4) is 22.6 Å². The number of furan rings is 1. The Bertz CT molecular complexity index is 1210. The number of rotatable bonds is 5. The number of hydrogen-bond acceptors (Lipinski definition) is 6. The van der Waals surface area contributed by atoms with E-state index < -0.39 is 6.23 Å². The zero-order valence-electron chi connectivity index (χ0n) is 18.3. The summed E-state index contributed by atoms with van der Waals surface area (Å²) in [5, 5.41) is 11.3. The van der Waals surface area contributed by atoms with Crippen LogP contribution < -0.4 is 4.90 Å². The fraction of sp³-hybridized carbons (Fsp3) is 0.259. The van der Waals surface area contributed by atoms with Crippen molar-refractivity contribution in [1.29, 1.82) is 0 Å². The number of fused-ring (bicyclic) bond motifs is 1. The van der Waals surface area contributed by atoms with Crippen molar-refractivity contribution in [2.45, 2.75) is 6.23 Å². The number of anilines is 1. The molecule has 2 fully saturated rings. The molecule has 2 aliphatic heterocycles. The Morgan fingerprint density at radius 1 is 0.848 bits per heavy atom. The summed E-state index contributed by atoms with van der Waals surface area (Å²) in [4.78, 5) is 13.7. The predicted octanol–water partition coefficient (Wildman–Crippen LogP) is 4.46. The highest BCUT2D eigenvalue weighted by atomic mass is 16.3. The maximum atomic E-state index is 11.3. The maximum absolute atomic E-state index is 11.3. The smallest absolute Gasteiger partial charge is 0.225 e. The first kappa shape index (κ1) is 20.1. The number of aliphatic hydroxyl groups excluding tert-OH is 1. The van der Waals surface area contributed by atoms with E-state index in [1.54, 1.807) is 12.5 Å². The van der Waals surface area contributed by atoms with Crippen LogP contribution in [0, 0.1) is 11.8 Å². The molecule has 3 atom stereocenters. The molecule has 3 unspecified atom stereocenters. The average molecular weight is 439 g/mol. The van der Waals surface area contributed by atoms with Gasteiger partial charge >= 0.3 is 0 Å². The molecule has 0 spiro atoms. The number of aliphatic hydroxyl groups is 1. The lowest BCUT2D eigenvalue weighted by Crippen LogP contribution is -2.32. The van der Waals surface area contributed by atoms with E-state index in [4.69, 9.17) is 9.40 Å². The molecule has 0 aliphatic carbocycles. The summed E-state index contributed by atoms with van der Waals surface area (Å²) in [7, 11) is 0. The molecule has 6 nitrogen and oxygen atoms in total. The lowest BCUT2D eigenvalue weighted by Gasteiger charge is -2.27. The van der Waals surface area contributed by atoms with Crippen LogP contribution in [0.3, 0.4) is 0 Å². The van der Waals surface area contributed by atoms with Gasteiger partial charge in [0.2, 0.25) is 5.95 Å². The molecule has 2 aromatic heterocycles. The van der Waals surface area contributed by atoms with Crippen LogP contribution in [-0.4, -0.2) is 46.2 Å². The summed E-state index contributed by atoms with van der Waals surface area (Å²) in [6.07, 6.45) is 2.84. The Kier molecular flexibility index (Phi) is 5.17. The first-order valence-corrected chi connectivity index (χ1v) is 11.4. The van der Waals surface area contributed by atoms with Crippen LogP contribution in [0.1, 0.15) is 11.8 Å². The highest BCUT2D eigenvalue weighted by molar-refractivity contribution is 5.67. The van der Waals surface area contributed by atoms with Crippen molar-refractivity contribution in [3.05, 3.63) is 90.8 Å². The van der Waals surface area contributed by atoms with E-state index in [2.05, 4.69) is 33.0 Å². The molecule has 2 saturated heterocycles. The number of nitrogens with zero attached hydrogens (tertiary/aromatic N) is 4. The molecule has 6 rings (SSSR count). The van der Waals surface area contributed by atoms with E-state index in [1.165, 1.54) is 0 Å². The molecule has 166 valence electrons. The minimum Gasteiger partial charge on any atom is -0.463 e. The fourth-order valence-electron chi connectivity index (χ4n) is 5.25. The van der Waals surface area contributed by atoms with E-state index in [0.29, 0.717) is 11.8 Å². The van der Waals surface area contributed by atoms with Crippen LogP contribution in [0.15, 0.2) is 89.7 Å². The summed E-state index contributed by atoms with van der Waals surface area (Å²) < 4.78 is 5.49. The lowest BCUT2D eigenvalue weighted by atomic mass is 9.98. The van der Waals surface area contributed by atoms with E-state index in [9.17, 15) is 5.11 Å². The van der Waals surface area contributed by atoms with Crippen LogP contribution in [0.2, 0.25) is 0 Å². The van der Waals surface area contributed by atoms with E-state index in [0.717, 1.165) is 60.3 Å². The number of likely N-dealkylation sites (tertiary alicyclic amines) is 1. The number of aromatic nitrogens is 2. The van der Waals surface area contributed by atoms with E-state index in [-0.39, 0.29) is 0 Å². The molecule has 1 N–H and O–H groups in total. The Morgan fingerprint density at radius 2 is 1.61 bits per heavy atom. The molecule has 33 heavy (non-hydrogen) atoms. The van der Waals surface area contributed by atoms with Gasteiger partial charge in [0.15, 0.2) is 5.76 Å². The SMILES string of the molecule is OC(c1ccccc1-c1ccccc1)N1CC2CN(c3nccc(-c4ccco4)n3)CC2C1. The van der Waals surface area contributed by atoms with Gasteiger partial charge in [-0.15, -0.1) is 0 Å². The Labute approximate surface area is 193 Å². The molecule has 2 aliphatic rings. The zero-order valence-corrected chi connectivity index (χ0v) is 18.3. The molecule has 0 saturated carbocycles. The van der Waals surface area contributed by atoms with Crippen LogP contribution in [0.5, 0.6) is 0 Å². The largest absolute Gasteiger partial charge is 0.463 e. The lowest BCUT2D eigenvalue weighted by molar-refractivity contribution is 0.0146. The van der Waals surface area contributed by atoms with Gasteiger partial charge in [-0.05, 0) is 41.2 Å². The fourth-order valence-corrected chi connectivity index (χ4v) is 5.25. The first-order chi connectivity index (χ1) is 16.3. The third-order valence-electron chi connectivity index (χ3n) is 6.88. The summed E-state index contributed by atoms with van der Waals surface area (Å²) in [6, 6.07) is 24.1. The third kappa shape index (κ3) is 3.81. The van der Waals surface area contributed by atoms with Crippen molar-refractivity contribution in [2.75, 3.05) is 31.1 Å². The van der Waals surface area contributed by atoms with Gasteiger partial charge < -0.3 is 14.4 Å². The van der Waals surface area contributed by atoms with E-state index in [1.807, 2.05) is 54.6 Å².